The minimum Gasteiger partial charge on any atom is -0.394 e. The lowest BCUT2D eigenvalue weighted by atomic mass is 10.0. The number of aliphatic hydroxyl groups is 1. The summed E-state index contributed by atoms with van der Waals surface area (Å²) in [4.78, 5) is 15.3. The lowest BCUT2D eigenvalue weighted by molar-refractivity contribution is -0.134. The number of thiophene rings is 1. The largest absolute Gasteiger partial charge is 0.394 e. The molecule has 1 fully saturated rings. The smallest absolute Gasteiger partial charge is 0.246 e. The topological polar surface area (TPSA) is 84.1 Å². The highest BCUT2D eigenvalue weighted by atomic mass is 32.1. The van der Waals surface area contributed by atoms with E-state index in [1.54, 1.807) is 16.2 Å². The van der Waals surface area contributed by atoms with Crippen molar-refractivity contribution in [3.05, 3.63) is 16.8 Å². The van der Waals surface area contributed by atoms with Gasteiger partial charge in [-0.15, -0.1) is 10.2 Å². The molecule has 0 bridgehead atoms. The Morgan fingerprint density at radius 3 is 3.14 bits per heavy atom. The van der Waals surface area contributed by atoms with Gasteiger partial charge in [-0.3, -0.25) is 4.79 Å². The van der Waals surface area contributed by atoms with Crippen molar-refractivity contribution in [2.24, 2.45) is 5.92 Å². The molecule has 1 N–H and O–H groups in total. The molecule has 8 heteroatoms. The second-order valence-electron chi connectivity index (χ2n) is 5.26. The maximum atomic E-state index is 12.3. The highest BCUT2D eigenvalue weighted by Crippen LogP contribution is 2.23. The number of aromatic nitrogens is 4. The normalized spacial score (nSPS) is 21.9. The number of hydrogen-bond acceptors (Lipinski definition) is 6. The second kappa shape index (κ2) is 5.90. The van der Waals surface area contributed by atoms with Gasteiger partial charge < -0.3 is 10.0 Å². The Labute approximate surface area is 126 Å². The van der Waals surface area contributed by atoms with E-state index in [4.69, 9.17) is 0 Å². The molecule has 2 aromatic rings. The van der Waals surface area contributed by atoms with Crippen LogP contribution in [-0.2, 0) is 11.3 Å². The fraction of sp³-hybridized carbons (Fsp3) is 0.538. The highest BCUT2D eigenvalue weighted by molar-refractivity contribution is 7.08. The molecule has 21 heavy (non-hydrogen) atoms. The highest BCUT2D eigenvalue weighted by Gasteiger charge is 2.33. The fourth-order valence-corrected chi connectivity index (χ4v) is 3.26. The van der Waals surface area contributed by atoms with Gasteiger partial charge in [-0.1, -0.05) is 6.92 Å². The summed E-state index contributed by atoms with van der Waals surface area (Å²) in [5.41, 5.74) is 0.904. The van der Waals surface area contributed by atoms with Crippen LogP contribution in [0.2, 0.25) is 0 Å². The summed E-state index contributed by atoms with van der Waals surface area (Å²) in [5.74, 6) is 0.772. The number of tetrazole rings is 1. The summed E-state index contributed by atoms with van der Waals surface area (Å²) in [6, 6.07) is 1.81. The molecule has 0 aliphatic carbocycles. The zero-order valence-corrected chi connectivity index (χ0v) is 12.5. The summed E-state index contributed by atoms with van der Waals surface area (Å²) in [5, 5.41) is 25.4. The maximum absolute atomic E-state index is 12.3. The first-order chi connectivity index (χ1) is 10.2. The lowest BCUT2D eigenvalue weighted by Gasteiger charge is -2.24. The van der Waals surface area contributed by atoms with Crippen LogP contribution in [-0.4, -0.2) is 55.3 Å². The van der Waals surface area contributed by atoms with Crippen molar-refractivity contribution in [1.29, 1.82) is 0 Å². The first-order valence-electron chi connectivity index (χ1n) is 6.89. The number of amides is 1. The van der Waals surface area contributed by atoms with Crippen LogP contribution in [0.4, 0.5) is 0 Å². The zero-order chi connectivity index (χ0) is 14.8. The van der Waals surface area contributed by atoms with Crippen LogP contribution in [0.25, 0.3) is 11.4 Å². The van der Waals surface area contributed by atoms with Crippen molar-refractivity contribution in [2.75, 3.05) is 13.2 Å². The molecule has 1 aliphatic rings. The van der Waals surface area contributed by atoms with Crippen molar-refractivity contribution < 1.29 is 9.90 Å². The average molecular weight is 307 g/mol. The van der Waals surface area contributed by atoms with Gasteiger partial charge in [-0.25, -0.2) is 0 Å². The van der Waals surface area contributed by atoms with Crippen LogP contribution < -0.4 is 0 Å². The van der Waals surface area contributed by atoms with E-state index in [0.29, 0.717) is 18.3 Å². The summed E-state index contributed by atoms with van der Waals surface area (Å²) < 4.78 is 0. The Balaban J connectivity index is 1.68. The minimum atomic E-state index is -0.0997. The molecular weight excluding hydrogens is 290 g/mol. The third kappa shape index (κ3) is 2.81. The SMILES string of the molecule is CC1CCN(C(=O)Cn2nnc(-c3ccsc3)n2)C1CO. The van der Waals surface area contributed by atoms with Gasteiger partial charge in [0.1, 0.15) is 6.54 Å². The van der Waals surface area contributed by atoms with Crippen molar-refractivity contribution in [2.45, 2.75) is 25.9 Å². The van der Waals surface area contributed by atoms with E-state index >= 15 is 0 Å². The standard InChI is InChI=1S/C13H17N5O2S/c1-9-2-4-17(11(9)7-19)12(20)6-18-15-13(14-16-18)10-3-5-21-8-10/h3,5,8-9,11,19H,2,4,6-7H2,1H3. The minimum absolute atomic E-state index is 0.00214. The van der Waals surface area contributed by atoms with Gasteiger partial charge in [-0.05, 0) is 29.0 Å². The van der Waals surface area contributed by atoms with Gasteiger partial charge in [-0.2, -0.15) is 16.1 Å². The molecule has 2 aromatic heterocycles. The van der Waals surface area contributed by atoms with Gasteiger partial charge in [0, 0.05) is 17.5 Å². The number of rotatable bonds is 4. The predicted molar refractivity (Wildman–Crippen MR) is 77.5 cm³/mol. The quantitative estimate of drug-likeness (QED) is 0.895. The van der Waals surface area contributed by atoms with Gasteiger partial charge >= 0.3 is 0 Å². The number of hydrogen-bond donors (Lipinski definition) is 1. The first kappa shape index (κ1) is 14.2. The number of carbonyl (C=O) groups excluding carboxylic acids is 1. The Bertz CT molecular complexity index is 612. The van der Waals surface area contributed by atoms with Gasteiger partial charge in [0.2, 0.25) is 11.7 Å². The number of aliphatic hydroxyl groups excluding tert-OH is 1. The molecule has 7 nitrogen and oxygen atoms in total. The predicted octanol–water partition coefficient (Wildman–Crippen LogP) is 0.631. The van der Waals surface area contributed by atoms with Crippen LogP contribution in [0.3, 0.4) is 0 Å². The summed E-state index contributed by atoms with van der Waals surface area (Å²) in [7, 11) is 0. The average Bonchev–Trinajstić information content (AvgIpc) is 3.17. The Hall–Kier alpha value is -1.80. The Morgan fingerprint density at radius 1 is 1.57 bits per heavy atom. The van der Waals surface area contributed by atoms with E-state index in [2.05, 4.69) is 22.3 Å². The number of carbonyl (C=O) groups is 1. The molecule has 112 valence electrons. The van der Waals surface area contributed by atoms with E-state index in [-0.39, 0.29) is 25.1 Å². The molecule has 0 radical (unpaired) electrons. The van der Waals surface area contributed by atoms with Crippen molar-refractivity contribution in [1.82, 2.24) is 25.1 Å². The summed E-state index contributed by atoms with van der Waals surface area (Å²) >= 11 is 1.56. The van der Waals surface area contributed by atoms with Gasteiger partial charge in [0.15, 0.2) is 0 Å². The van der Waals surface area contributed by atoms with E-state index < -0.39 is 0 Å². The molecule has 0 aromatic carbocycles. The van der Waals surface area contributed by atoms with E-state index in [9.17, 15) is 9.90 Å². The van der Waals surface area contributed by atoms with E-state index in [0.717, 1.165) is 12.0 Å². The first-order valence-corrected chi connectivity index (χ1v) is 7.84. The molecule has 3 heterocycles. The van der Waals surface area contributed by atoms with Crippen LogP contribution in [0.1, 0.15) is 13.3 Å². The Kier molecular flexibility index (Phi) is 3.98. The van der Waals surface area contributed by atoms with Crippen LogP contribution in [0.15, 0.2) is 16.8 Å². The third-order valence-electron chi connectivity index (χ3n) is 3.90. The number of likely N-dealkylation sites (tertiary alicyclic amines) is 1. The van der Waals surface area contributed by atoms with Crippen molar-refractivity contribution in [3.63, 3.8) is 0 Å². The molecule has 2 atom stereocenters. The lowest BCUT2D eigenvalue weighted by Crippen LogP contribution is -2.41. The third-order valence-corrected chi connectivity index (χ3v) is 4.58. The molecular formula is C13H17N5O2S. The summed E-state index contributed by atoms with van der Waals surface area (Å²) in [6.45, 7) is 2.78. The second-order valence-corrected chi connectivity index (χ2v) is 6.04. The summed E-state index contributed by atoms with van der Waals surface area (Å²) in [6.07, 6.45) is 0.919. The van der Waals surface area contributed by atoms with Crippen LogP contribution in [0, 0.1) is 5.92 Å². The van der Waals surface area contributed by atoms with Crippen LogP contribution in [0.5, 0.6) is 0 Å². The van der Waals surface area contributed by atoms with Gasteiger partial charge in [0.25, 0.3) is 0 Å². The Morgan fingerprint density at radius 2 is 2.43 bits per heavy atom. The molecule has 1 amide bonds. The van der Waals surface area contributed by atoms with E-state index in [1.165, 1.54) is 4.80 Å². The molecule has 1 saturated heterocycles. The fourth-order valence-electron chi connectivity index (χ4n) is 2.63. The molecule has 1 aliphatic heterocycles. The molecule has 3 rings (SSSR count). The van der Waals surface area contributed by atoms with Crippen molar-refractivity contribution >= 4 is 17.2 Å². The molecule has 0 saturated carbocycles. The molecule has 0 spiro atoms. The van der Waals surface area contributed by atoms with Gasteiger partial charge in [0.05, 0.1) is 12.6 Å². The maximum Gasteiger partial charge on any atom is 0.246 e. The zero-order valence-electron chi connectivity index (χ0n) is 11.7. The monoisotopic (exact) mass is 307 g/mol. The number of nitrogens with zero attached hydrogens (tertiary/aromatic N) is 5. The van der Waals surface area contributed by atoms with E-state index in [1.807, 2.05) is 16.8 Å². The molecule has 2 unspecified atom stereocenters. The van der Waals surface area contributed by atoms with Crippen molar-refractivity contribution in [3.8, 4) is 11.4 Å². The van der Waals surface area contributed by atoms with Crippen LogP contribution >= 0.6 is 11.3 Å².